The number of Topliss-reactive ketones (excluding diaryl/α,β-unsaturated/α-hetero) is 1. The number of rotatable bonds is 3. The van der Waals surface area contributed by atoms with E-state index in [9.17, 15) is 14.4 Å². The van der Waals surface area contributed by atoms with Crippen molar-refractivity contribution >= 4 is 22.7 Å². The molecule has 0 atom stereocenters. The van der Waals surface area contributed by atoms with Crippen LogP contribution >= 0.6 is 0 Å². The van der Waals surface area contributed by atoms with E-state index in [1.165, 1.54) is 6.92 Å². The average molecular weight is 260 g/mol. The smallest absolute Gasteiger partial charge is 0.351 e. The highest BCUT2D eigenvalue weighted by atomic mass is 16.5. The summed E-state index contributed by atoms with van der Waals surface area (Å²) in [5.74, 6) is -1.22. The van der Waals surface area contributed by atoms with Crippen molar-refractivity contribution in [1.29, 1.82) is 0 Å². The van der Waals surface area contributed by atoms with Crippen molar-refractivity contribution in [1.82, 2.24) is 0 Å². The van der Waals surface area contributed by atoms with Crippen molar-refractivity contribution in [2.75, 3.05) is 6.61 Å². The van der Waals surface area contributed by atoms with Gasteiger partial charge in [-0.1, -0.05) is 18.2 Å². The van der Waals surface area contributed by atoms with E-state index in [0.717, 1.165) is 0 Å². The summed E-state index contributed by atoms with van der Waals surface area (Å²) < 4.78 is 9.84. The highest BCUT2D eigenvalue weighted by Gasteiger charge is 2.24. The summed E-state index contributed by atoms with van der Waals surface area (Å²) in [5, 5.41) is 0.428. The van der Waals surface area contributed by atoms with E-state index in [1.807, 2.05) is 0 Å². The molecule has 98 valence electrons. The third-order valence-corrected chi connectivity index (χ3v) is 2.64. The SMILES string of the molecule is CCOC(=O)c1c(C(C)=O)c2ccccc2oc1=O. The number of hydrogen-bond acceptors (Lipinski definition) is 5. The van der Waals surface area contributed by atoms with E-state index < -0.39 is 11.6 Å². The van der Waals surface area contributed by atoms with E-state index in [4.69, 9.17) is 9.15 Å². The molecule has 0 N–H and O–H groups in total. The fourth-order valence-electron chi connectivity index (χ4n) is 1.90. The molecule has 1 heterocycles. The van der Waals surface area contributed by atoms with Crippen LogP contribution in [0, 0.1) is 0 Å². The third kappa shape index (κ3) is 2.27. The first-order valence-electron chi connectivity index (χ1n) is 5.80. The molecule has 1 aromatic heterocycles. The Balaban J connectivity index is 2.86. The van der Waals surface area contributed by atoms with E-state index in [-0.39, 0.29) is 29.1 Å². The number of esters is 1. The number of benzene rings is 1. The molecule has 0 bridgehead atoms. The Hall–Kier alpha value is -2.43. The number of carbonyl (C=O) groups excluding carboxylic acids is 2. The summed E-state index contributed by atoms with van der Waals surface area (Å²) in [5.41, 5.74) is -0.883. The lowest BCUT2D eigenvalue weighted by atomic mass is 10.0. The van der Waals surface area contributed by atoms with Gasteiger partial charge in [-0.25, -0.2) is 9.59 Å². The van der Waals surface area contributed by atoms with Crippen LogP contribution in [0.3, 0.4) is 0 Å². The van der Waals surface area contributed by atoms with E-state index in [0.29, 0.717) is 5.39 Å². The zero-order valence-corrected chi connectivity index (χ0v) is 10.6. The van der Waals surface area contributed by atoms with Crippen LogP contribution in [0.25, 0.3) is 11.0 Å². The van der Waals surface area contributed by atoms with Gasteiger partial charge in [-0.2, -0.15) is 0 Å². The summed E-state index contributed by atoms with van der Waals surface area (Å²) in [6.45, 7) is 3.03. The van der Waals surface area contributed by atoms with Crippen LogP contribution in [-0.2, 0) is 4.74 Å². The Morgan fingerprint density at radius 2 is 1.89 bits per heavy atom. The molecule has 0 aliphatic rings. The molecule has 0 saturated carbocycles. The second-order valence-electron chi connectivity index (χ2n) is 3.91. The summed E-state index contributed by atoms with van der Waals surface area (Å²) >= 11 is 0. The first kappa shape index (κ1) is 13.0. The summed E-state index contributed by atoms with van der Waals surface area (Å²) in [6, 6.07) is 6.57. The van der Waals surface area contributed by atoms with Crippen molar-refractivity contribution in [2.45, 2.75) is 13.8 Å². The fraction of sp³-hybridized carbons (Fsp3) is 0.214. The zero-order chi connectivity index (χ0) is 14.0. The van der Waals surface area contributed by atoms with Crippen LogP contribution < -0.4 is 5.63 Å². The Morgan fingerprint density at radius 1 is 1.21 bits per heavy atom. The van der Waals surface area contributed by atoms with Crippen molar-refractivity contribution in [3.63, 3.8) is 0 Å². The lowest BCUT2D eigenvalue weighted by Crippen LogP contribution is -2.21. The molecule has 0 spiro atoms. The number of hydrogen-bond donors (Lipinski definition) is 0. The quantitative estimate of drug-likeness (QED) is 0.480. The highest BCUT2D eigenvalue weighted by Crippen LogP contribution is 2.21. The number of carbonyl (C=O) groups is 2. The molecule has 2 rings (SSSR count). The van der Waals surface area contributed by atoms with Gasteiger partial charge in [-0.05, 0) is 19.9 Å². The Labute approximate surface area is 108 Å². The maximum absolute atomic E-state index is 11.9. The molecule has 5 nitrogen and oxygen atoms in total. The van der Waals surface area contributed by atoms with Crippen LogP contribution in [0.2, 0.25) is 0 Å². The van der Waals surface area contributed by atoms with E-state index in [1.54, 1.807) is 31.2 Å². The molecule has 19 heavy (non-hydrogen) atoms. The first-order chi connectivity index (χ1) is 9.06. The van der Waals surface area contributed by atoms with Gasteiger partial charge in [0.1, 0.15) is 5.58 Å². The van der Waals surface area contributed by atoms with Crippen LogP contribution in [0.1, 0.15) is 34.6 Å². The second kappa shape index (κ2) is 5.06. The van der Waals surface area contributed by atoms with Gasteiger partial charge in [0.2, 0.25) is 0 Å². The lowest BCUT2D eigenvalue weighted by Gasteiger charge is -2.07. The third-order valence-electron chi connectivity index (χ3n) is 2.64. The molecule has 5 heteroatoms. The van der Waals surface area contributed by atoms with Crippen molar-refractivity contribution in [2.24, 2.45) is 0 Å². The normalized spacial score (nSPS) is 10.4. The van der Waals surface area contributed by atoms with Crippen LogP contribution in [0.5, 0.6) is 0 Å². The number of ether oxygens (including phenoxy) is 1. The van der Waals surface area contributed by atoms with Gasteiger partial charge in [-0.15, -0.1) is 0 Å². The zero-order valence-electron chi connectivity index (χ0n) is 10.6. The predicted octanol–water partition coefficient (Wildman–Crippen LogP) is 2.17. The van der Waals surface area contributed by atoms with Gasteiger partial charge in [0.05, 0.1) is 12.2 Å². The molecular weight excluding hydrogens is 248 g/mol. The monoisotopic (exact) mass is 260 g/mol. The lowest BCUT2D eigenvalue weighted by molar-refractivity contribution is 0.0518. The van der Waals surface area contributed by atoms with Gasteiger partial charge in [-0.3, -0.25) is 4.79 Å². The molecule has 0 fully saturated rings. The summed E-state index contributed by atoms with van der Waals surface area (Å²) in [6.07, 6.45) is 0. The van der Waals surface area contributed by atoms with Gasteiger partial charge in [0, 0.05) is 5.39 Å². The molecular formula is C14H12O5. The second-order valence-corrected chi connectivity index (χ2v) is 3.91. The number of fused-ring (bicyclic) bond motifs is 1. The molecule has 0 saturated heterocycles. The molecule has 0 unspecified atom stereocenters. The summed E-state index contributed by atoms with van der Waals surface area (Å²) in [7, 11) is 0. The van der Waals surface area contributed by atoms with Gasteiger partial charge in [0.15, 0.2) is 11.3 Å². The minimum Gasteiger partial charge on any atom is -0.462 e. The van der Waals surface area contributed by atoms with Crippen LogP contribution in [-0.4, -0.2) is 18.4 Å². The molecule has 0 amide bonds. The Morgan fingerprint density at radius 3 is 2.53 bits per heavy atom. The van der Waals surface area contributed by atoms with E-state index in [2.05, 4.69) is 0 Å². The minimum atomic E-state index is -0.859. The minimum absolute atomic E-state index is 0.0466. The van der Waals surface area contributed by atoms with Gasteiger partial charge in [0.25, 0.3) is 0 Å². The Bertz CT molecular complexity index is 711. The van der Waals surface area contributed by atoms with Crippen molar-refractivity contribution in [3.8, 4) is 0 Å². The average Bonchev–Trinajstić information content (AvgIpc) is 2.37. The largest absolute Gasteiger partial charge is 0.462 e. The molecule has 0 aliphatic carbocycles. The standard InChI is InChI=1S/C14H12O5/c1-3-18-13(16)12-11(8(2)15)9-6-4-5-7-10(9)19-14(12)17/h4-7H,3H2,1-2H3. The summed E-state index contributed by atoms with van der Waals surface area (Å²) in [4.78, 5) is 35.4. The van der Waals surface area contributed by atoms with Crippen LogP contribution in [0.4, 0.5) is 0 Å². The number of para-hydroxylation sites is 1. The maximum Gasteiger partial charge on any atom is 0.351 e. The maximum atomic E-state index is 11.9. The van der Waals surface area contributed by atoms with Gasteiger partial charge < -0.3 is 9.15 Å². The molecule has 1 aromatic carbocycles. The first-order valence-corrected chi connectivity index (χ1v) is 5.80. The van der Waals surface area contributed by atoms with Crippen molar-refractivity contribution < 1.29 is 18.7 Å². The van der Waals surface area contributed by atoms with E-state index >= 15 is 0 Å². The number of ketones is 1. The Kier molecular flexibility index (Phi) is 3.46. The fourth-order valence-corrected chi connectivity index (χ4v) is 1.90. The molecule has 0 aliphatic heterocycles. The van der Waals surface area contributed by atoms with Crippen LogP contribution in [0.15, 0.2) is 33.5 Å². The molecule has 2 aromatic rings. The topological polar surface area (TPSA) is 73.6 Å². The molecule has 0 radical (unpaired) electrons. The highest BCUT2D eigenvalue weighted by molar-refractivity contribution is 6.13. The van der Waals surface area contributed by atoms with Crippen molar-refractivity contribution in [3.05, 3.63) is 45.8 Å². The van der Waals surface area contributed by atoms with Gasteiger partial charge >= 0.3 is 11.6 Å². The predicted molar refractivity (Wildman–Crippen MR) is 68.4 cm³/mol.